The molecule has 0 saturated carbocycles. The molecule has 4 rings (SSSR count). The molecule has 1 aliphatic rings. The maximum atomic E-state index is 13.4. The largest absolute Gasteiger partial charge is 0.351 e. The van der Waals surface area contributed by atoms with Crippen molar-refractivity contribution in [3.8, 4) is 0 Å². The predicted octanol–water partition coefficient (Wildman–Crippen LogP) is 4.99. The van der Waals surface area contributed by atoms with Gasteiger partial charge in [-0.2, -0.15) is 0 Å². The first-order valence-electron chi connectivity index (χ1n) is 10.5. The minimum atomic E-state index is -0.297. The monoisotopic (exact) mass is 427 g/mol. The molecule has 0 spiro atoms. The van der Waals surface area contributed by atoms with Gasteiger partial charge in [0.25, 0.3) is 5.91 Å². The Labute approximate surface area is 181 Å². The second-order valence-electron chi connectivity index (χ2n) is 8.29. The predicted molar refractivity (Wildman–Crippen MR) is 120 cm³/mol. The number of amides is 1. The summed E-state index contributed by atoms with van der Waals surface area (Å²) in [5.74, 6) is 0.111. The van der Waals surface area contributed by atoms with Gasteiger partial charge in [-0.1, -0.05) is 23.7 Å². The minimum Gasteiger partial charge on any atom is -0.351 e. The number of nitrogens with zero attached hydrogens (tertiary/aromatic N) is 2. The number of rotatable bonds is 6. The van der Waals surface area contributed by atoms with Gasteiger partial charge in [-0.15, -0.1) is 0 Å². The summed E-state index contributed by atoms with van der Waals surface area (Å²) in [5.41, 5.74) is 2.58. The molecule has 2 heterocycles. The zero-order valence-corrected chi connectivity index (χ0v) is 18.0. The lowest BCUT2D eigenvalue weighted by Gasteiger charge is -2.34. The number of aromatic nitrogens is 1. The molecule has 3 aromatic rings. The van der Waals surface area contributed by atoms with E-state index < -0.39 is 0 Å². The van der Waals surface area contributed by atoms with Crippen LogP contribution in [0.15, 0.2) is 48.5 Å². The summed E-state index contributed by atoms with van der Waals surface area (Å²) in [6, 6.07) is 14.3. The fourth-order valence-corrected chi connectivity index (χ4v) is 4.46. The van der Waals surface area contributed by atoms with E-state index in [0.717, 1.165) is 61.4 Å². The number of hydrogen-bond donors (Lipinski definition) is 1. The van der Waals surface area contributed by atoms with Crippen LogP contribution in [0.1, 0.15) is 28.9 Å². The SMILES string of the molecule is CN(C[C@@H]1CCCN(CCc2ccc(Cl)cc2)C1)C(=O)c1cc2cc(F)ccc2[nH]1. The van der Waals surface area contributed by atoms with Gasteiger partial charge in [-0.25, -0.2) is 4.39 Å². The quantitative estimate of drug-likeness (QED) is 0.602. The van der Waals surface area contributed by atoms with E-state index in [0.29, 0.717) is 11.6 Å². The molecule has 1 aliphatic heterocycles. The smallest absolute Gasteiger partial charge is 0.270 e. The van der Waals surface area contributed by atoms with Crippen LogP contribution < -0.4 is 0 Å². The van der Waals surface area contributed by atoms with Gasteiger partial charge in [0.2, 0.25) is 0 Å². The number of carbonyl (C=O) groups excluding carboxylic acids is 1. The van der Waals surface area contributed by atoms with Gasteiger partial charge in [0.15, 0.2) is 0 Å². The van der Waals surface area contributed by atoms with Gasteiger partial charge in [0, 0.05) is 42.6 Å². The van der Waals surface area contributed by atoms with E-state index in [1.165, 1.54) is 17.7 Å². The van der Waals surface area contributed by atoms with E-state index in [-0.39, 0.29) is 11.7 Å². The minimum absolute atomic E-state index is 0.0510. The number of aromatic amines is 1. The Balaban J connectivity index is 1.32. The average Bonchev–Trinajstić information content (AvgIpc) is 3.16. The van der Waals surface area contributed by atoms with Crippen molar-refractivity contribution in [1.29, 1.82) is 0 Å². The summed E-state index contributed by atoms with van der Waals surface area (Å²) >= 11 is 5.97. The Morgan fingerprint density at radius 2 is 2.03 bits per heavy atom. The number of piperidine rings is 1. The zero-order chi connectivity index (χ0) is 21.1. The highest BCUT2D eigenvalue weighted by Gasteiger charge is 2.23. The van der Waals surface area contributed by atoms with Crippen molar-refractivity contribution in [2.75, 3.05) is 33.2 Å². The summed E-state index contributed by atoms with van der Waals surface area (Å²) in [4.78, 5) is 20.3. The third-order valence-electron chi connectivity index (χ3n) is 5.93. The van der Waals surface area contributed by atoms with E-state index in [9.17, 15) is 9.18 Å². The Morgan fingerprint density at radius 3 is 2.83 bits per heavy atom. The Bertz CT molecular complexity index is 1020. The molecule has 1 fully saturated rings. The van der Waals surface area contributed by atoms with E-state index in [2.05, 4.69) is 22.0 Å². The average molecular weight is 428 g/mol. The van der Waals surface area contributed by atoms with Crippen molar-refractivity contribution in [3.05, 3.63) is 70.6 Å². The topological polar surface area (TPSA) is 39.3 Å². The summed E-state index contributed by atoms with van der Waals surface area (Å²) < 4.78 is 13.4. The lowest BCUT2D eigenvalue weighted by Crippen LogP contribution is -2.42. The van der Waals surface area contributed by atoms with Crippen LogP contribution in [0.5, 0.6) is 0 Å². The molecule has 1 aromatic heterocycles. The van der Waals surface area contributed by atoms with Gasteiger partial charge in [-0.3, -0.25) is 4.79 Å². The zero-order valence-electron chi connectivity index (χ0n) is 17.2. The number of fused-ring (bicyclic) bond motifs is 1. The molecule has 0 bridgehead atoms. The van der Waals surface area contributed by atoms with Crippen molar-refractivity contribution in [1.82, 2.24) is 14.8 Å². The second-order valence-corrected chi connectivity index (χ2v) is 8.72. The van der Waals surface area contributed by atoms with E-state index in [1.807, 2.05) is 19.2 Å². The molecule has 158 valence electrons. The second kappa shape index (κ2) is 9.19. The van der Waals surface area contributed by atoms with E-state index in [1.54, 1.807) is 17.0 Å². The highest BCUT2D eigenvalue weighted by atomic mass is 35.5. The molecule has 6 heteroatoms. The number of nitrogens with one attached hydrogen (secondary N) is 1. The summed E-state index contributed by atoms with van der Waals surface area (Å²) in [6.07, 6.45) is 3.29. The van der Waals surface area contributed by atoms with Crippen LogP contribution >= 0.6 is 11.6 Å². The maximum absolute atomic E-state index is 13.4. The van der Waals surface area contributed by atoms with Crippen LogP contribution in [0.3, 0.4) is 0 Å². The van der Waals surface area contributed by atoms with E-state index in [4.69, 9.17) is 11.6 Å². The highest BCUT2D eigenvalue weighted by molar-refractivity contribution is 6.30. The molecule has 4 nitrogen and oxygen atoms in total. The molecule has 0 radical (unpaired) electrons. The van der Waals surface area contributed by atoms with Gasteiger partial charge in [0.05, 0.1) is 0 Å². The molecular formula is C24H27ClFN3O. The normalized spacial score (nSPS) is 17.4. The number of benzene rings is 2. The fraction of sp³-hybridized carbons (Fsp3) is 0.375. The lowest BCUT2D eigenvalue weighted by atomic mass is 9.97. The molecule has 2 aromatic carbocycles. The molecule has 1 atom stereocenters. The standard InChI is InChI=1S/C24H27ClFN3O/c1-28(24(30)23-14-19-13-21(26)8-9-22(19)27-23)15-18-3-2-11-29(16-18)12-10-17-4-6-20(25)7-5-17/h4-9,13-14,18,27H,2-3,10-12,15-16H2,1H3/t18-/m0/s1. The fourth-order valence-electron chi connectivity index (χ4n) is 4.34. The number of hydrogen-bond acceptors (Lipinski definition) is 2. The third-order valence-corrected chi connectivity index (χ3v) is 6.18. The van der Waals surface area contributed by atoms with Gasteiger partial charge < -0.3 is 14.8 Å². The van der Waals surface area contributed by atoms with Crippen LogP contribution in [0.25, 0.3) is 10.9 Å². The lowest BCUT2D eigenvalue weighted by molar-refractivity contribution is 0.0725. The van der Waals surface area contributed by atoms with E-state index >= 15 is 0 Å². The molecule has 1 amide bonds. The summed E-state index contributed by atoms with van der Waals surface area (Å²) in [5, 5.41) is 1.49. The van der Waals surface area contributed by atoms with Gasteiger partial charge in [-0.05, 0) is 73.7 Å². The van der Waals surface area contributed by atoms with Crippen LogP contribution in [0.4, 0.5) is 4.39 Å². The van der Waals surface area contributed by atoms with Crippen molar-refractivity contribution in [3.63, 3.8) is 0 Å². The Hall–Kier alpha value is -2.37. The first-order chi connectivity index (χ1) is 14.5. The molecule has 30 heavy (non-hydrogen) atoms. The maximum Gasteiger partial charge on any atom is 0.270 e. The first kappa shape index (κ1) is 20.9. The first-order valence-corrected chi connectivity index (χ1v) is 10.9. The molecule has 1 N–H and O–H groups in total. The summed E-state index contributed by atoms with van der Waals surface area (Å²) in [7, 11) is 1.85. The van der Waals surface area contributed by atoms with Gasteiger partial charge in [0.1, 0.15) is 11.5 Å². The van der Waals surface area contributed by atoms with Crippen molar-refractivity contribution in [2.45, 2.75) is 19.3 Å². The Kier molecular flexibility index (Phi) is 6.40. The third kappa shape index (κ3) is 5.02. The van der Waals surface area contributed by atoms with Crippen LogP contribution in [0, 0.1) is 11.7 Å². The van der Waals surface area contributed by atoms with Crippen LogP contribution in [-0.2, 0) is 6.42 Å². The molecular weight excluding hydrogens is 401 g/mol. The molecule has 0 unspecified atom stereocenters. The van der Waals surface area contributed by atoms with Crippen LogP contribution in [0.2, 0.25) is 5.02 Å². The highest BCUT2D eigenvalue weighted by Crippen LogP contribution is 2.21. The van der Waals surface area contributed by atoms with Crippen LogP contribution in [-0.4, -0.2) is 53.9 Å². The Morgan fingerprint density at radius 1 is 1.23 bits per heavy atom. The summed E-state index contributed by atoms with van der Waals surface area (Å²) in [6.45, 7) is 3.85. The number of likely N-dealkylation sites (tertiary alicyclic amines) is 1. The number of halogens is 2. The van der Waals surface area contributed by atoms with Crippen molar-refractivity contribution >= 4 is 28.4 Å². The van der Waals surface area contributed by atoms with Crippen molar-refractivity contribution < 1.29 is 9.18 Å². The molecule has 1 saturated heterocycles. The number of H-pyrrole nitrogens is 1. The molecule has 0 aliphatic carbocycles. The van der Waals surface area contributed by atoms with Crippen molar-refractivity contribution in [2.24, 2.45) is 5.92 Å². The number of carbonyl (C=O) groups is 1. The van der Waals surface area contributed by atoms with Gasteiger partial charge >= 0.3 is 0 Å².